The topological polar surface area (TPSA) is 101 Å². The third-order valence-electron chi connectivity index (χ3n) is 2.15. The quantitative estimate of drug-likeness (QED) is 0.546. The molecule has 2 unspecified atom stereocenters. The Morgan fingerprint density at radius 2 is 1.94 bits per heavy atom. The van der Waals surface area contributed by atoms with Gasteiger partial charge in [-0.25, -0.2) is 13.1 Å². The summed E-state index contributed by atoms with van der Waals surface area (Å²) < 4.78 is 25.6. The van der Waals surface area contributed by atoms with Crippen LogP contribution >= 0.6 is 12.2 Å². The van der Waals surface area contributed by atoms with Crippen molar-refractivity contribution in [2.45, 2.75) is 38.5 Å². The number of carbonyl (C=O) groups is 1. The number of nitrogens with two attached hydrogens (primary N) is 1. The van der Waals surface area contributed by atoms with Crippen LogP contribution in [0, 0.1) is 0 Å². The minimum absolute atomic E-state index is 0.126. The highest BCUT2D eigenvalue weighted by atomic mass is 32.2. The molecule has 0 radical (unpaired) electrons. The lowest BCUT2D eigenvalue weighted by Gasteiger charge is -2.17. The van der Waals surface area contributed by atoms with Gasteiger partial charge in [0.1, 0.15) is 5.25 Å². The Hall–Kier alpha value is -0.730. The van der Waals surface area contributed by atoms with Gasteiger partial charge in [-0.1, -0.05) is 19.1 Å². The smallest absolute Gasteiger partial charge is 0.237 e. The Labute approximate surface area is 107 Å². The van der Waals surface area contributed by atoms with Crippen molar-refractivity contribution in [3.63, 3.8) is 0 Å². The van der Waals surface area contributed by atoms with Crippen molar-refractivity contribution in [2.75, 3.05) is 6.54 Å². The first-order valence-corrected chi connectivity index (χ1v) is 7.26. The molecule has 0 bridgehead atoms. The van der Waals surface area contributed by atoms with Crippen molar-refractivity contribution in [2.24, 2.45) is 5.73 Å². The number of rotatable bonds is 7. The lowest BCUT2D eigenvalue weighted by atomic mass is 10.3. The zero-order chi connectivity index (χ0) is 13.6. The number of amides is 1. The van der Waals surface area contributed by atoms with Crippen LogP contribution in [-0.4, -0.2) is 37.2 Å². The van der Waals surface area contributed by atoms with Crippen LogP contribution in [-0.2, 0) is 14.8 Å². The Morgan fingerprint density at radius 3 is 2.35 bits per heavy atom. The van der Waals surface area contributed by atoms with Crippen LogP contribution < -0.4 is 15.8 Å². The molecule has 0 aliphatic carbocycles. The monoisotopic (exact) mass is 281 g/mol. The first-order valence-electron chi connectivity index (χ1n) is 5.30. The summed E-state index contributed by atoms with van der Waals surface area (Å²) in [6, 6.07) is -0.844. The molecule has 0 fully saturated rings. The number of carbonyl (C=O) groups excluding carboxylic acids is 1. The fraction of sp³-hybridized carbons (Fsp3) is 0.778. The van der Waals surface area contributed by atoms with Crippen molar-refractivity contribution in [3.8, 4) is 0 Å². The third kappa shape index (κ3) is 5.42. The van der Waals surface area contributed by atoms with Gasteiger partial charge in [0.15, 0.2) is 0 Å². The Morgan fingerprint density at radius 1 is 1.41 bits per heavy atom. The van der Waals surface area contributed by atoms with E-state index in [2.05, 4.69) is 22.3 Å². The molecular weight excluding hydrogens is 262 g/mol. The summed E-state index contributed by atoms with van der Waals surface area (Å²) in [5, 5.41) is 1.59. The van der Waals surface area contributed by atoms with Gasteiger partial charge < -0.3 is 11.1 Å². The molecule has 6 nitrogen and oxygen atoms in total. The van der Waals surface area contributed by atoms with Gasteiger partial charge in [-0.3, -0.25) is 4.79 Å². The SMILES string of the molecule is CCCNC(=O)C(C)NS(=O)(=O)C(C)C(N)=S. The molecule has 8 heteroatoms. The summed E-state index contributed by atoms with van der Waals surface area (Å²) in [5.74, 6) is -0.370. The zero-order valence-corrected chi connectivity index (χ0v) is 11.8. The van der Waals surface area contributed by atoms with E-state index in [1.165, 1.54) is 13.8 Å². The highest BCUT2D eigenvalue weighted by Gasteiger charge is 2.27. The van der Waals surface area contributed by atoms with Crippen molar-refractivity contribution in [1.29, 1.82) is 0 Å². The van der Waals surface area contributed by atoms with Gasteiger partial charge in [0, 0.05) is 6.54 Å². The minimum Gasteiger partial charge on any atom is -0.392 e. The van der Waals surface area contributed by atoms with Crippen LogP contribution in [0.5, 0.6) is 0 Å². The van der Waals surface area contributed by atoms with Gasteiger partial charge in [-0.15, -0.1) is 0 Å². The van der Waals surface area contributed by atoms with E-state index in [9.17, 15) is 13.2 Å². The highest BCUT2D eigenvalue weighted by molar-refractivity contribution is 7.93. The molecule has 0 aliphatic heterocycles. The maximum Gasteiger partial charge on any atom is 0.237 e. The predicted octanol–water partition coefficient (Wildman–Crippen LogP) is -0.505. The highest BCUT2D eigenvalue weighted by Crippen LogP contribution is 2.00. The number of nitrogens with one attached hydrogen (secondary N) is 2. The summed E-state index contributed by atoms with van der Waals surface area (Å²) >= 11 is 4.61. The molecule has 0 aliphatic rings. The predicted molar refractivity (Wildman–Crippen MR) is 71.1 cm³/mol. The van der Waals surface area contributed by atoms with Gasteiger partial charge in [0.2, 0.25) is 15.9 Å². The molecule has 0 saturated carbocycles. The first-order chi connectivity index (χ1) is 7.72. The summed E-state index contributed by atoms with van der Waals surface area (Å²) in [5.41, 5.74) is 5.27. The lowest BCUT2D eigenvalue weighted by molar-refractivity contribution is -0.122. The van der Waals surface area contributed by atoms with Crippen molar-refractivity contribution >= 4 is 33.1 Å². The van der Waals surface area contributed by atoms with Crippen LogP contribution in [0.2, 0.25) is 0 Å². The van der Waals surface area contributed by atoms with E-state index in [0.717, 1.165) is 6.42 Å². The van der Waals surface area contributed by atoms with Gasteiger partial charge in [-0.05, 0) is 20.3 Å². The van der Waals surface area contributed by atoms with E-state index in [0.29, 0.717) is 6.54 Å². The third-order valence-corrected chi connectivity index (χ3v) is 4.52. The first kappa shape index (κ1) is 16.3. The number of hydrogen-bond acceptors (Lipinski definition) is 4. The standard InChI is InChI=1S/C9H19N3O3S2/c1-4-5-11-9(13)6(2)12-17(14,15)7(3)8(10)16/h6-7,12H,4-5H2,1-3H3,(H2,10,16)(H,11,13). The molecule has 2 atom stereocenters. The van der Waals surface area contributed by atoms with E-state index in [4.69, 9.17) is 5.73 Å². The molecule has 0 rings (SSSR count). The second-order valence-electron chi connectivity index (χ2n) is 3.72. The van der Waals surface area contributed by atoms with Crippen LogP contribution in [0.3, 0.4) is 0 Å². The van der Waals surface area contributed by atoms with E-state index in [1.807, 2.05) is 6.92 Å². The normalized spacial score (nSPS) is 15.0. The summed E-state index contributed by atoms with van der Waals surface area (Å²) in [6.45, 7) is 5.26. The summed E-state index contributed by atoms with van der Waals surface area (Å²) in [7, 11) is -3.71. The largest absolute Gasteiger partial charge is 0.392 e. The van der Waals surface area contributed by atoms with E-state index < -0.39 is 21.3 Å². The molecule has 100 valence electrons. The van der Waals surface area contributed by atoms with Crippen molar-refractivity contribution in [3.05, 3.63) is 0 Å². The Balaban J connectivity index is 4.52. The average molecular weight is 281 g/mol. The molecule has 0 aromatic heterocycles. The van der Waals surface area contributed by atoms with Crippen LogP contribution in [0.25, 0.3) is 0 Å². The average Bonchev–Trinajstić information content (AvgIpc) is 2.23. The van der Waals surface area contributed by atoms with Gasteiger partial charge in [-0.2, -0.15) is 0 Å². The van der Waals surface area contributed by atoms with Gasteiger partial charge in [0.05, 0.1) is 11.0 Å². The molecule has 0 aromatic carbocycles. The molecular formula is C9H19N3O3S2. The molecule has 0 spiro atoms. The fourth-order valence-electron chi connectivity index (χ4n) is 0.956. The molecule has 1 amide bonds. The Kier molecular flexibility index (Phi) is 6.58. The molecule has 0 saturated heterocycles. The Bertz CT molecular complexity index is 381. The van der Waals surface area contributed by atoms with Crippen LogP contribution in [0.4, 0.5) is 0 Å². The molecule has 0 aromatic rings. The summed E-state index contributed by atoms with van der Waals surface area (Å²) in [6.07, 6.45) is 0.786. The summed E-state index contributed by atoms with van der Waals surface area (Å²) in [4.78, 5) is 11.3. The lowest BCUT2D eigenvalue weighted by Crippen LogP contribution is -2.49. The van der Waals surface area contributed by atoms with E-state index >= 15 is 0 Å². The molecule has 17 heavy (non-hydrogen) atoms. The van der Waals surface area contributed by atoms with E-state index in [1.54, 1.807) is 0 Å². The van der Waals surface area contributed by atoms with Crippen LogP contribution in [0.1, 0.15) is 27.2 Å². The second kappa shape index (κ2) is 6.87. The minimum atomic E-state index is -3.71. The molecule has 0 heterocycles. The zero-order valence-electron chi connectivity index (χ0n) is 10.2. The van der Waals surface area contributed by atoms with Crippen molar-refractivity contribution < 1.29 is 13.2 Å². The van der Waals surface area contributed by atoms with Crippen LogP contribution in [0.15, 0.2) is 0 Å². The van der Waals surface area contributed by atoms with Gasteiger partial charge >= 0.3 is 0 Å². The van der Waals surface area contributed by atoms with E-state index in [-0.39, 0.29) is 10.9 Å². The molecule has 4 N–H and O–H groups in total. The number of hydrogen-bond donors (Lipinski definition) is 3. The fourth-order valence-corrected chi connectivity index (χ4v) is 2.45. The second-order valence-corrected chi connectivity index (χ2v) is 6.22. The number of sulfonamides is 1. The maximum absolute atomic E-state index is 11.7. The maximum atomic E-state index is 11.7. The van der Waals surface area contributed by atoms with Gasteiger partial charge in [0.25, 0.3) is 0 Å². The number of thiocarbonyl (C=S) groups is 1. The van der Waals surface area contributed by atoms with Crippen molar-refractivity contribution in [1.82, 2.24) is 10.0 Å².